The van der Waals surface area contributed by atoms with E-state index in [1.165, 1.54) is 17.8 Å². The number of carbonyl (C=O) groups excluding carboxylic acids is 2. The highest BCUT2D eigenvalue weighted by Gasteiger charge is 2.13. The average molecular weight is 394 g/mol. The molecule has 6 heteroatoms. The number of pyridine rings is 1. The second-order valence-electron chi connectivity index (χ2n) is 6.35. The molecule has 5 nitrogen and oxygen atoms in total. The highest BCUT2D eigenvalue weighted by Crippen LogP contribution is 2.20. The molecule has 0 aliphatic heterocycles. The first kappa shape index (κ1) is 19.6. The molecule has 0 radical (unpaired) electrons. The minimum Gasteiger partial charge on any atom is -0.322 e. The lowest BCUT2D eigenvalue weighted by Gasteiger charge is -2.09. The summed E-state index contributed by atoms with van der Waals surface area (Å²) in [5.74, 6) is -0.721. The Labute approximate surface area is 168 Å². The Hall–Kier alpha value is -3.18. The van der Waals surface area contributed by atoms with Crippen molar-refractivity contribution < 1.29 is 9.59 Å². The number of anilines is 2. The van der Waals surface area contributed by atoms with E-state index in [0.717, 1.165) is 12.0 Å². The van der Waals surface area contributed by atoms with Crippen molar-refractivity contribution in [1.82, 2.24) is 4.98 Å². The van der Waals surface area contributed by atoms with E-state index in [2.05, 4.69) is 22.5 Å². The standard InChI is InChI=1S/C22H20ClN3O2/c1-3-15-5-8-17(9-6-15)25-21(27)16-10-11-24-20(12-16)22(28)26-18-7-4-14(2)19(23)13-18/h4-13H,3H2,1-2H3,(H,25,27)(H,26,28). The Morgan fingerprint density at radius 2 is 1.61 bits per heavy atom. The van der Waals surface area contributed by atoms with Gasteiger partial charge in [-0.15, -0.1) is 0 Å². The molecule has 0 saturated heterocycles. The van der Waals surface area contributed by atoms with Crippen LogP contribution in [0.5, 0.6) is 0 Å². The van der Waals surface area contributed by atoms with Crippen molar-refractivity contribution >= 4 is 34.8 Å². The predicted octanol–water partition coefficient (Wildman–Crippen LogP) is 5.11. The molecule has 0 saturated carbocycles. The molecule has 0 atom stereocenters. The van der Waals surface area contributed by atoms with Crippen molar-refractivity contribution in [3.63, 3.8) is 0 Å². The van der Waals surface area contributed by atoms with E-state index in [4.69, 9.17) is 11.6 Å². The summed E-state index contributed by atoms with van der Waals surface area (Å²) >= 11 is 6.09. The van der Waals surface area contributed by atoms with Crippen LogP contribution in [-0.4, -0.2) is 16.8 Å². The molecule has 3 rings (SSSR count). The minimum atomic E-state index is -0.415. The highest BCUT2D eigenvalue weighted by molar-refractivity contribution is 6.31. The number of hydrogen-bond donors (Lipinski definition) is 2. The van der Waals surface area contributed by atoms with Crippen LogP contribution in [0.2, 0.25) is 5.02 Å². The van der Waals surface area contributed by atoms with E-state index in [1.807, 2.05) is 37.3 Å². The normalized spacial score (nSPS) is 10.4. The number of hydrogen-bond acceptors (Lipinski definition) is 3. The highest BCUT2D eigenvalue weighted by atomic mass is 35.5. The van der Waals surface area contributed by atoms with Gasteiger partial charge in [-0.2, -0.15) is 0 Å². The lowest BCUT2D eigenvalue weighted by Crippen LogP contribution is -2.17. The van der Waals surface area contributed by atoms with Crippen molar-refractivity contribution in [3.05, 3.63) is 88.2 Å². The van der Waals surface area contributed by atoms with Gasteiger partial charge in [0.15, 0.2) is 0 Å². The van der Waals surface area contributed by atoms with Crippen LogP contribution in [0.15, 0.2) is 60.8 Å². The number of benzene rings is 2. The second kappa shape index (κ2) is 8.67. The van der Waals surface area contributed by atoms with E-state index in [1.54, 1.807) is 18.2 Å². The molecule has 3 aromatic rings. The molecule has 2 amide bonds. The maximum absolute atomic E-state index is 12.5. The van der Waals surface area contributed by atoms with Gasteiger partial charge in [-0.3, -0.25) is 14.6 Å². The fraction of sp³-hybridized carbons (Fsp3) is 0.136. The van der Waals surface area contributed by atoms with Crippen LogP contribution in [0.25, 0.3) is 0 Å². The quantitative estimate of drug-likeness (QED) is 0.632. The number of rotatable bonds is 5. The molecule has 2 aromatic carbocycles. The molecule has 0 aliphatic rings. The molecule has 2 N–H and O–H groups in total. The number of aromatic nitrogens is 1. The third-order valence-corrected chi connectivity index (χ3v) is 4.71. The van der Waals surface area contributed by atoms with Gasteiger partial charge in [0.05, 0.1) is 0 Å². The number of amides is 2. The van der Waals surface area contributed by atoms with Crippen LogP contribution < -0.4 is 10.6 Å². The Morgan fingerprint density at radius 3 is 2.29 bits per heavy atom. The Bertz CT molecular complexity index is 1020. The molecule has 142 valence electrons. The summed E-state index contributed by atoms with van der Waals surface area (Å²) in [4.78, 5) is 29.0. The van der Waals surface area contributed by atoms with Gasteiger partial charge in [0.25, 0.3) is 11.8 Å². The van der Waals surface area contributed by atoms with E-state index >= 15 is 0 Å². The summed E-state index contributed by atoms with van der Waals surface area (Å²) in [5.41, 5.74) is 3.86. The molecule has 1 aromatic heterocycles. The summed E-state index contributed by atoms with van der Waals surface area (Å²) in [7, 11) is 0. The topological polar surface area (TPSA) is 71.1 Å². The number of halogens is 1. The van der Waals surface area contributed by atoms with Gasteiger partial charge in [0, 0.05) is 28.2 Å². The van der Waals surface area contributed by atoms with Gasteiger partial charge in [0.1, 0.15) is 5.69 Å². The molecule has 0 spiro atoms. The average Bonchev–Trinajstić information content (AvgIpc) is 2.71. The number of carbonyl (C=O) groups is 2. The summed E-state index contributed by atoms with van der Waals surface area (Å²) in [5, 5.41) is 6.12. The molecule has 28 heavy (non-hydrogen) atoms. The van der Waals surface area contributed by atoms with E-state index in [-0.39, 0.29) is 11.6 Å². The maximum atomic E-state index is 12.5. The maximum Gasteiger partial charge on any atom is 0.274 e. The predicted molar refractivity (Wildman–Crippen MR) is 112 cm³/mol. The van der Waals surface area contributed by atoms with Crippen LogP contribution in [-0.2, 0) is 6.42 Å². The van der Waals surface area contributed by atoms with Crippen molar-refractivity contribution in [2.75, 3.05) is 10.6 Å². The monoisotopic (exact) mass is 393 g/mol. The van der Waals surface area contributed by atoms with Gasteiger partial charge >= 0.3 is 0 Å². The van der Waals surface area contributed by atoms with Gasteiger partial charge in [-0.05, 0) is 60.9 Å². The zero-order chi connectivity index (χ0) is 20.1. The fourth-order valence-corrected chi connectivity index (χ4v) is 2.77. The van der Waals surface area contributed by atoms with Crippen molar-refractivity contribution in [2.24, 2.45) is 0 Å². The number of aryl methyl sites for hydroxylation is 2. The van der Waals surface area contributed by atoms with Crippen molar-refractivity contribution in [1.29, 1.82) is 0 Å². The molecule has 0 fully saturated rings. The number of nitrogens with zero attached hydrogens (tertiary/aromatic N) is 1. The van der Waals surface area contributed by atoms with E-state index in [9.17, 15) is 9.59 Å². The largest absolute Gasteiger partial charge is 0.322 e. The Kier molecular flexibility index (Phi) is 6.06. The SMILES string of the molecule is CCc1ccc(NC(=O)c2ccnc(C(=O)Nc3ccc(C)c(Cl)c3)c2)cc1. The summed E-state index contributed by atoms with van der Waals surface area (Å²) in [6, 6.07) is 15.9. The second-order valence-corrected chi connectivity index (χ2v) is 6.76. The van der Waals surface area contributed by atoms with Gasteiger partial charge in [0.2, 0.25) is 0 Å². The minimum absolute atomic E-state index is 0.144. The molecule has 0 bridgehead atoms. The first-order valence-corrected chi connectivity index (χ1v) is 9.28. The Morgan fingerprint density at radius 1 is 0.929 bits per heavy atom. The van der Waals surface area contributed by atoms with E-state index < -0.39 is 5.91 Å². The van der Waals surface area contributed by atoms with Crippen LogP contribution in [0.1, 0.15) is 38.9 Å². The first-order chi connectivity index (χ1) is 13.5. The van der Waals surface area contributed by atoms with Crippen LogP contribution in [0, 0.1) is 6.92 Å². The lowest BCUT2D eigenvalue weighted by molar-refractivity contribution is 0.102. The van der Waals surface area contributed by atoms with Gasteiger partial charge in [-0.25, -0.2) is 0 Å². The zero-order valence-corrected chi connectivity index (χ0v) is 16.4. The third-order valence-electron chi connectivity index (χ3n) is 4.30. The Balaban J connectivity index is 1.72. The third kappa shape index (κ3) is 4.75. The lowest BCUT2D eigenvalue weighted by atomic mass is 10.1. The number of nitrogens with one attached hydrogen (secondary N) is 2. The summed E-state index contributed by atoms with van der Waals surface area (Å²) < 4.78 is 0. The molecule has 0 aliphatic carbocycles. The summed E-state index contributed by atoms with van der Waals surface area (Å²) in [6.07, 6.45) is 2.37. The zero-order valence-electron chi connectivity index (χ0n) is 15.6. The van der Waals surface area contributed by atoms with E-state index in [0.29, 0.717) is 22.0 Å². The molecular formula is C22H20ClN3O2. The van der Waals surface area contributed by atoms with Crippen LogP contribution in [0.4, 0.5) is 11.4 Å². The first-order valence-electron chi connectivity index (χ1n) is 8.90. The molecule has 1 heterocycles. The van der Waals surface area contributed by atoms with Crippen LogP contribution >= 0.6 is 11.6 Å². The van der Waals surface area contributed by atoms with Gasteiger partial charge < -0.3 is 10.6 Å². The smallest absolute Gasteiger partial charge is 0.274 e. The molecular weight excluding hydrogens is 374 g/mol. The van der Waals surface area contributed by atoms with Gasteiger partial charge in [-0.1, -0.05) is 36.7 Å². The van der Waals surface area contributed by atoms with Crippen molar-refractivity contribution in [2.45, 2.75) is 20.3 Å². The fourth-order valence-electron chi connectivity index (χ4n) is 2.59. The summed E-state index contributed by atoms with van der Waals surface area (Å²) in [6.45, 7) is 3.95. The van der Waals surface area contributed by atoms with Crippen LogP contribution in [0.3, 0.4) is 0 Å². The molecule has 0 unspecified atom stereocenters. The van der Waals surface area contributed by atoms with Crippen molar-refractivity contribution in [3.8, 4) is 0 Å².